The molecule has 1 unspecified atom stereocenters. The number of hydrogen-bond acceptors (Lipinski definition) is 3. The first-order chi connectivity index (χ1) is 9.51. The van der Waals surface area contributed by atoms with E-state index in [1.54, 1.807) is 0 Å². The number of carbonyl (C=O) groups excluding carboxylic acids is 2. The number of rotatable bonds is 7. The van der Waals surface area contributed by atoms with Crippen molar-refractivity contribution in [1.29, 1.82) is 0 Å². The molecule has 2 amide bonds. The van der Waals surface area contributed by atoms with Gasteiger partial charge in [-0.15, -0.1) is 0 Å². The standard InChI is InChI=1S/C15H23N3O2/c1-11(9-16)3-8-15(20)17-10-13-4-6-14(7-5-13)18-12(2)19/h4-7,11H,3,8-10,16H2,1-2H3,(H,17,20)(H,18,19). The maximum Gasteiger partial charge on any atom is 0.221 e. The van der Waals surface area contributed by atoms with Crippen molar-refractivity contribution in [1.82, 2.24) is 5.32 Å². The van der Waals surface area contributed by atoms with Crippen LogP contribution in [0.4, 0.5) is 5.69 Å². The first-order valence-electron chi connectivity index (χ1n) is 6.84. The first-order valence-corrected chi connectivity index (χ1v) is 6.84. The van der Waals surface area contributed by atoms with E-state index >= 15 is 0 Å². The van der Waals surface area contributed by atoms with Crippen LogP contribution in [0.1, 0.15) is 32.3 Å². The monoisotopic (exact) mass is 277 g/mol. The summed E-state index contributed by atoms with van der Waals surface area (Å²) < 4.78 is 0. The third-order valence-corrected chi connectivity index (χ3v) is 3.03. The Morgan fingerprint density at radius 3 is 2.45 bits per heavy atom. The highest BCUT2D eigenvalue weighted by atomic mass is 16.2. The van der Waals surface area contributed by atoms with Crippen LogP contribution in [-0.4, -0.2) is 18.4 Å². The van der Waals surface area contributed by atoms with Crippen LogP contribution in [0.25, 0.3) is 0 Å². The Bertz CT molecular complexity index is 443. The molecule has 0 radical (unpaired) electrons. The van der Waals surface area contributed by atoms with E-state index in [-0.39, 0.29) is 11.8 Å². The van der Waals surface area contributed by atoms with E-state index in [9.17, 15) is 9.59 Å². The lowest BCUT2D eigenvalue weighted by Gasteiger charge is -2.09. The largest absolute Gasteiger partial charge is 0.352 e. The van der Waals surface area contributed by atoms with Gasteiger partial charge in [0.1, 0.15) is 0 Å². The molecule has 0 aliphatic rings. The second kappa shape index (κ2) is 8.32. The quantitative estimate of drug-likeness (QED) is 0.708. The Balaban J connectivity index is 2.34. The second-order valence-electron chi connectivity index (χ2n) is 5.03. The van der Waals surface area contributed by atoms with Gasteiger partial charge in [0.25, 0.3) is 0 Å². The highest BCUT2D eigenvalue weighted by molar-refractivity contribution is 5.88. The summed E-state index contributed by atoms with van der Waals surface area (Å²) in [6.45, 7) is 4.61. The fraction of sp³-hybridized carbons (Fsp3) is 0.467. The van der Waals surface area contributed by atoms with Crippen molar-refractivity contribution in [2.24, 2.45) is 11.7 Å². The Morgan fingerprint density at radius 1 is 1.25 bits per heavy atom. The third kappa shape index (κ3) is 6.33. The average molecular weight is 277 g/mol. The SMILES string of the molecule is CC(=O)Nc1ccc(CNC(=O)CCC(C)CN)cc1. The van der Waals surface area contributed by atoms with E-state index in [4.69, 9.17) is 5.73 Å². The van der Waals surface area contributed by atoms with Crippen LogP contribution >= 0.6 is 0 Å². The van der Waals surface area contributed by atoms with Gasteiger partial charge < -0.3 is 16.4 Å². The molecule has 0 heterocycles. The lowest BCUT2D eigenvalue weighted by Crippen LogP contribution is -2.24. The van der Waals surface area contributed by atoms with E-state index in [2.05, 4.69) is 10.6 Å². The van der Waals surface area contributed by atoms with E-state index in [0.29, 0.717) is 25.4 Å². The number of anilines is 1. The zero-order valence-corrected chi connectivity index (χ0v) is 12.1. The van der Waals surface area contributed by atoms with E-state index < -0.39 is 0 Å². The number of amides is 2. The number of nitrogens with one attached hydrogen (secondary N) is 2. The van der Waals surface area contributed by atoms with Gasteiger partial charge in [0.2, 0.25) is 11.8 Å². The van der Waals surface area contributed by atoms with Crippen LogP contribution in [0.2, 0.25) is 0 Å². The molecular formula is C15H23N3O2. The van der Waals surface area contributed by atoms with E-state index in [1.165, 1.54) is 6.92 Å². The van der Waals surface area contributed by atoms with Crippen molar-refractivity contribution < 1.29 is 9.59 Å². The molecule has 0 saturated carbocycles. The highest BCUT2D eigenvalue weighted by Gasteiger charge is 2.05. The summed E-state index contributed by atoms with van der Waals surface area (Å²) in [5.41, 5.74) is 7.26. The molecule has 1 rings (SSSR count). The second-order valence-corrected chi connectivity index (χ2v) is 5.03. The molecule has 1 aromatic rings. The average Bonchev–Trinajstić information content (AvgIpc) is 2.43. The summed E-state index contributed by atoms with van der Waals surface area (Å²) >= 11 is 0. The number of nitrogens with two attached hydrogens (primary N) is 1. The normalized spacial score (nSPS) is 11.8. The minimum Gasteiger partial charge on any atom is -0.352 e. The van der Waals surface area contributed by atoms with Gasteiger partial charge in [0.15, 0.2) is 0 Å². The topological polar surface area (TPSA) is 84.2 Å². The van der Waals surface area contributed by atoms with Gasteiger partial charge in [-0.2, -0.15) is 0 Å². The van der Waals surface area contributed by atoms with Crippen LogP contribution in [0.3, 0.4) is 0 Å². The molecule has 20 heavy (non-hydrogen) atoms. The minimum atomic E-state index is -0.0972. The Morgan fingerprint density at radius 2 is 1.90 bits per heavy atom. The molecule has 5 heteroatoms. The number of benzene rings is 1. The predicted molar refractivity (Wildman–Crippen MR) is 80.0 cm³/mol. The molecule has 110 valence electrons. The van der Waals surface area contributed by atoms with Gasteiger partial charge in [0.05, 0.1) is 0 Å². The summed E-state index contributed by atoms with van der Waals surface area (Å²) in [7, 11) is 0. The lowest BCUT2D eigenvalue weighted by atomic mass is 10.1. The Labute approximate surface area is 119 Å². The minimum absolute atomic E-state index is 0.0382. The number of hydrogen-bond donors (Lipinski definition) is 3. The molecule has 0 aliphatic carbocycles. The van der Waals surface area contributed by atoms with Crippen LogP contribution in [-0.2, 0) is 16.1 Å². The molecule has 0 aromatic heterocycles. The highest BCUT2D eigenvalue weighted by Crippen LogP contribution is 2.09. The lowest BCUT2D eigenvalue weighted by molar-refractivity contribution is -0.121. The third-order valence-electron chi connectivity index (χ3n) is 3.03. The van der Waals surface area contributed by atoms with Crippen molar-refractivity contribution in [2.75, 3.05) is 11.9 Å². The van der Waals surface area contributed by atoms with Crippen molar-refractivity contribution >= 4 is 17.5 Å². The first kappa shape index (κ1) is 16.2. The molecular weight excluding hydrogens is 254 g/mol. The molecule has 0 bridgehead atoms. The fourth-order valence-corrected chi connectivity index (χ4v) is 1.69. The van der Waals surface area contributed by atoms with Gasteiger partial charge in [0, 0.05) is 25.6 Å². The van der Waals surface area contributed by atoms with Gasteiger partial charge in [-0.25, -0.2) is 0 Å². The predicted octanol–water partition coefficient (Wildman–Crippen LogP) is 1.64. The molecule has 5 nitrogen and oxygen atoms in total. The van der Waals surface area contributed by atoms with Crippen LogP contribution in [0, 0.1) is 5.92 Å². The van der Waals surface area contributed by atoms with Crippen LogP contribution < -0.4 is 16.4 Å². The number of carbonyl (C=O) groups is 2. The summed E-state index contributed by atoms with van der Waals surface area (Å²) in [6.07, 6.45) is 1.31. The molecule has 0 aliphatic heterocycles. The van der Waals surface area contributed by atoms with Crippen molar-refractivity contribution in [3.8, 4) is 0 Å². The zero-order valence-electron chi connectivity index (χ0n) is 12.1. The molecule has 0 fully saturated rings. The van der Waals surface area contributed by atoms with Gasteiger partial charge >= 0.3 is 0 Å². The van der Waals surface area contributed by atoms with E-state index in [1.807, 2.05) is 31.2 Å². The fourth-order valence-electron chi connectivity index (χ4n) is 1.69. The summed E-state index contributed by atoms with van der Waals surface area (Å²) in [6, 6.07) is 7.40. The van der Waals surface area contributed by atoms with Crippen LogP contribution in [0.15, 0.2) is 24.3 Å². The summed E-state index contributed by atoms with van der Waals surface area (Å²) in [4.78, 5) is 22.5. The Hall–Kier alpha value is -1.88. The molecule has 4 N–H and O–H groups in total. The van der Waals surface area contributed by atoms with Crippen molar-refractivity contribution in [2.45, 2.75) is 33.2 Å². The summed E-state index contributed by atoms with van der Waals surface area (Å²) in [5.74, 6) is 0.314. The van der Waals surface area contributed by atoms with Crippen molar-refractivity contribution in [3.63, 3.8) is 0 Å². The van der Waals surface area contributed by atoms with Gasteiger partial charge in [-0.05, 0) is 36.6 Å². The van der Waals surface area contributed by atoms with Gasteiger partial charge in [-0.3, -0.25) is 9.59 Å². The maximum absolute atomic E-state index is 11.6. The smallest absolute Gasteiger partial charge is 0.221 e. The zero-order chi connectivity index (χ0) is 15.0. The van der Waals surface area contributed by atoms with Gasteiger partial charge in [-0.1, -0.05) is 19.1 Å². The van der Waals surface area contributed by atoms with Crippen molar-refractivity contribution in [3.05, 3.63) is 29.8 Å². The molecule has 1 atom stereocenters. The van der Waals surface area contributed by atoms with E-state index in [0.717, 1.165) is 17.7 Å². The van der Waals surface area contributed by atoms with Crippen LogP contribution in [0.5, 0.6) is 0 Å². The molecule has 0 saturated heterocycles. The summed E-state index contributed by atoms with van der Waals surface area (Å²) in [5, 5.41) is 5.57. The maximum atomic E-state index is 11.6. The Kier molecular flexibility index (Phi) is 6.73. The molecule has 0 spiro atoms. The molecule has 1 aromatic carbocycles.